The average molecular weight is 301 g/mol. The molecule has 1 heterocycles. The van der Waals surface area contributed by atoms with Crippen molar-refractivity contribution in [3.05, 3.63) is 23.8 Å². The van der Waals surface area contributed by atoms with Crippen molar-refractivity contribution >= 4 is 18.3 Å². The highest BCUT2D eigenvalue weighted by atomic mass is 35.5. The quantitative estimate of drug-likeness (QED) is 0.920. The Labute approximate surface area is 125 Å². The lowest BCUT2D eigenvalue weighted by Crippen LogP contribution is -2.51. The molecule has 0 bridgehead atoms. The number of nitrogens with one attached hydrogen (secondary N) is 1. The second-order valence-corrected chi connectivity index (χ2v) is 4.65. The van der Waals surface area contributed by atoms with E-state index in [-0.39, 0.29) is 18.3 Å². The van der Waals surface area contributed by atoms with E-state index in [1.165, 1.54) is 0 Å². The zero-order valence-corrected chi connectivity index (χ0v) is 12.8. The van der Waals surface area contributed by atoms with Crippen molar-refractivity contribution in [3.8, 4) is 11.5 Å². The van der Waals surface area contributed by atoms with Gasteiger partial charge in [-0.2, -0.15) is 0 Å². The van der Waals surface area contributed by atoms with E-state index in [1.54, 1.807) is 32.4 Å². The predicted molar refractivity (Wildman–Crippen MR) is 80.2 cm³/mol. The number of ether oxygens (including phenoxy) is 2. The van der Waals surface area contributed by atoms with Gasteiger partial charge in [-0.3, -0.25) is 4.79 Å². The number of carbonyl (C=O) groups is 1. The zero-order valence-electron chi connectivity index (χ0n) is 12.0. The molecule has 1 fully saturated rings. The first kappa shape index (κ1) is 16.6. The number of carbonyl (C=O) groups excluding carboxylic acids is 1. The second kappa shape index (κ2) is 7.36. The van der Waals surface area contributed by atoms with Gasteiger partial charge >= 0.3 is 0 Å². The van der Waals surface area contributed by atoms with Crippen LogP contribution >= 0.6 is 12.4 Å². The summed E-state index contributed by atoms with van der Waals surface area (Å²) in [6.07, 6.45) is 0. The number of methoxy groups -OCH3 is 2. The number of piperazine rings is 1. The summed E-state index contributed by atoms with van der Waals surface area (Å²) in [5.74, 6) is 1.07. The lowest BCUT2D eigenvalue weighted by atomic mass is 10.1. The van der Waals surface area contributed by atoms with Gasteiger partial charge in [-0.1, -0.05) is 6.07 Å². The number of para-hydroxylation sites is 1. The number of amides is 1. The lowest BCUT2D eigenvalue weighted by Gasteiger charge is -2.32. The molecule has 0 radical (unpaired) electrons. The van der Waals surface area contributed by atoms with Crippen molar-refractivity contribution < 1.29 is 14.3 Å². The van der Waals surface area contributed by atoms with Crippen LogP contribution in [0.15, 0.2) is 18.2 Å². The maximum absolute atomic E-state index is 12.6. The van der Waals surface area contributed by atoms with Crippen LogP contribution in [0.5, 0.6) is 11.5 Å². The molecule has 0 saturated carbocycles. The Bertz CT molecular complexity index is 468. The zero-order chi connectivity index (χ0) is 13.8. The highest BCUT2D eigenvalue weighted by molar-refractivity contribution is 5.98. The summed E-state index contributed by atoms with van der Waals surface area (Å²) in [5.41, 5.74) is 0.552. The topological polar surface area (TPSA) is 50.8 Å². The Morgan fingerprint density at radius 3 is 2.70 bits per heavy atom. The summed E-state index contributed by atoms with van der Waals surface area (Å²) in [6.45, 7) is 4.31. The van der Waals surface area contributed by atoms with Gasteiger partial charge < -0.3 is 19.7 Å². The molecule has 5 nitrogen and oxygen atoms in total. The smallest absolute Gasteiger partial charge is 0.257 e. The van der Waals surface area contributed by atoms with E-state index in [2.05, 4.69) is 12.2 Å². The molecule has 112 valence electrons. The van der Waals surface area contributed by atoms with Crippen molar-refractivity contribution in [2.75, 3.05) is 33.9 Å². The van der Waals surface area contributed by atoms with Crippen LogP contribution in [-0.2, 0) is 0 Å². The van der Waals surface area contributed by atoms with Gasteiger partial charge in [-0.15, -0.1) is 12.4 Å². The van der Waals surface area contributed by atoms with Gasteiger partial charge in [-0.25, -0.2) is 0 Å². The van der Waals surface area contributed by atoms with Crippen molar-refractivity contribution in [2.45, 2.75) is 13.0 Å². The van der Waals surface area contributed by atoms with E-state index < -0.39 is 0 Å². The van der Waals surface area contributed by atoms with Gasteiger partial charge in [0.05, 0.1) is 19.8 Å². The third-order valence-corrected chi connectivity index (χ3v) is 3.29. The van der Waals surface area contributed by atoms with Crippen LogP contribution in [0.2, 0.25) is 0 Å². The molecule has 1 amide bonds. The van der Waals surface area contributed by atoms with Gasteiger partial charge in [0.15, 0.2) is 11.5 Å². The predicted octanol–water partition coefficient (Wildman–Crippen LogP) is 1.56. The molecule has 6 heteroatoms. The highest BCUT2D eigenvalue weighted by Crippen LogP contribution is 2.31. The van der Waals surface area contributed by atoms with Crippen molar-refractivity contribution in [2.24, 2.45) is 0 Å². The van der Waals surface area contributed by atoms with Gasteiger partial charge in [-0.05, 0) is 19.1 Å². The summed E-state index contributed by atoms with van der Waals surface area (Å²) in [6, 6.07) is 5.68. The van der Waals surface area contributed by atoms with Crippen LogP contribution in [0.25, 0.3) is 0 Å². The Kier molecular flexibility index (Phi) is 6.10. The average Bonchev–Trinajstić information content (AvgIpc) is 2.45. The Morgan fingerprint density at radius 1 is 1.35 bits per heavy atom. The summed E-state index contributed by atoms with van der Waals surface area (Å²) < 4.78 is 10.5. The maximum Gasteiger partial charge on any atom is 0.257 e. The van der Waals surface area contributed by atoms with E-state index in [1.807, 2.05) is 4.90 Å². The van der Waals surface area contributed by atoms with Crippen LogP contribution in [0.3, 0.4) is 0 Å². The van der Waals surface area contributed by atoms with Crippen molar-refractivity contribution in [1.82, 2.24) is 10.2 Å². The molecular formula is C14H21ClN2O3. The molecule has 2 rings (SSSR count). The molecular weight excluding hydrogens is 280 g/mol. The Morgan fingerprint density at radius 2 is 2.10 bits per heavy atom. The summed E-state index contributed by atoms with van der Waals surface area (Å²) >= 11 is 0. The molecule has 1 saturated heterocycles. The molecule has 0 aromatic heterocycles. The molecule has 1 aromatic rings. The first-order chi connectivity index (χ1) is 9.17. The van der Waals surface area contributed by atoms with Crippen LogP contribution < -0.4 is 14.8 Å². The number of nitrogens with zero attached hydrogens (tertiary/aromatic N) is 1. The summed E-state index contributed by atoms with van der Waals surface area (Å²) in [5, 5.41) is 3.32. The van der Waals surface area contributed by atoms with E-state index in [0.717, 1.165) is 6.54 Å². The van der Waals surface area contributed by atoms with Gasteiger partial charge in [0.1, 0.15) is 0 Å². The van der Waals surface area contributed by atoms with Crippen molar-refractivity contribution in [1.29, 1.82) is 0 Å². The first-order valence-corrected chi connectivity index (χ1v) is 6.41. The van der Waals surface area contributed by atoms with E-state index in [4.69, 9.17) is 9.47 Å². The molecule has 1 N–H and O–H groups in total. The summed E-state index contributed by atoms with van der Waals surface area (Å²) in [4.78, 5) is 14.4. The molecule has 1 aromatic carbocycles. The largest absolute Gasteiger partial charge is 0.493 e. The third-order valence-electron chi connectivity index (χ3n) is 3.29. The van der Waals surface area contributed by atoms with E-state index in [0.29, 0.717) is 36.2 Å². The number of rotatable bonds is 3. The number of benzene rings is 1. The number of hydrogen-bond acceptors (Lipinski definition) is 4. The maximum atomic E-state index is 12.6. The standard InChI is InChI=1S/C14H20N2O3.ClH/c1-10-9-16(8-7-15-10)14(17)11-5-4-6-12(18-2)13(11)19-3;/h4-6,10,15H,7-9H2,1-3H3;1H/t10-;/m1./s1. The molecule has 1 aliphatic heterocycles. The number of hydrogen-bond donors (Lipinski definition) is 1. The minimum atomic E-state index is -0.0101. The Hall–Kier alpha value is -1.46. The SMILES string of the molecule is COc1cccc(C(=O)N2CCN[C@H](C)C2)c1OC.Cl. The Balaban J connectivity index is 0.00000200. The van der Waals surface area contributed by atoms with Crippen LogP contribution in [0, 0.1) is 0 Å². The molecule has 1 aliphatic rings. The molecule has 0 spiro atoms. The van der Waals surface area contributed by atoms with Crippen LogP contribution in [-0.4, -0.2) is 50.7 Å². The molecule has 0 aliphatic carbocycles. The van der Waals surface area contributed by atoms with E-state index >= 15 is 0 Å². The minimum absolute atomic E-state index is 0. The van der Waals surface area contributed by atoms with Crippen LogP contribution in [0.4, 0.5) is 0 Å². The highest BCUT2D eigenvalue weighted by Gasteiger charge is 2.25. The van der Waals surface area contributed by atoms with Crippen LogP contribution in [0.1, 0.15) is 17.3 Å². The lowest BCUT2D eigenvalue weighted by molar-refractivity contribution is 0.0705. The first-order valence-electron chi connectivity index (χ1n) is 6.41. The van der Waals surface area contributed by atoms with Gasteiger partial charge in [0.2, 0.25) is 0 Å². The normalized spacial score (nSPS) is 18.1. The van der Waals surface area contributed by atoms with Gasteiger partial charge in [0, 0.05) is 25.7 Å². The van der Waals surface area contributed by atoms with E-state index in [9.17, 15) is 4.79 Å². The minimum Gasteiger partial charge on any atom is -0.493 e. The summed E-state index contributed by atoms with van der Waals surface area (Å²) in [7, 11) is 3.12. The van der Waals surface area contributed by atoms with Crippen molar-refractivity contribution in [3.63, 3.8) is 0 Å². The molecule has 20 heavy (non-hydrogen) atoms. The monoisotopic (exact) mass is 300 g/mol. The fraction of sp³-hybridized carbons (Fsp3) is 0.500. The fourth-order valence-corrected chi connectivity index (χ4v) is 2.34. The third kappa shape index (κ3) is 3.35. The molecule has 0 unspecified atom stereocenters. The molecule has 1 atom stereocenters. The van der Waals surface area contributed by atoms with Gasteiger partial charge in [0.25, 0.3) is 5.91 Å². The number of halogens is 1. The fourth-order valence-electron chi connectivity index (χ4n) is 2.34. The second-order valence-electron chi connectivity index (χ2n) is 4.65.